The number of aliphatic hydroxyl groups excluding tert-OH is 1. The van der Waals surface area contributed by atoms with Crippen molar-refractivity contribution in [3.05, 3.63) is 106 Å². The summed E-state index contributed by atoms with van der Waals surface area (Å²) < 4.78 is 40.9. The molecule has 0 bridgehead atoms. The fraction of sp³-hybridized carbons (Fsp3) is 0.367. The quantitative estimate of drug-likeness (QED) is 0.206. The lowest BCUT2D eigenvalue weighted by molar-refractivity contribution is -0.152. The molecule has 14 nitrogen and oxygen atoms in total. The van der Waals surface area contributed by atoms with Crippen LogP contribution in [0.25, 0.3) is 0 Å². The summed E-state index contributed by atoms with van der Waals surface area (Å²) in [4.78, 5) is 27.5. The Kier molecular flexibility index (Phi) is 10.0. The minimum atomic E-state index is -4.21. The molecule has 3 atom stereocenters. The zero-order valence-corrected chi connectivity index (χ0v) is 25.9. The number of amides is 1. The van der Waals surface area contributed by atoms with E-state index in [0.29, 0.717) is 5.69 Å². The van der Waals surface area contributed by atoms with Crippen LogP contribution in [0.1, 0.15) is 37.6 Å². The molecule has 1 amide bonds. The van der Waals surface area contributed by atoms with Crippen LogP contribution in [0, 0.1) is 0 Å². The number of carbonyl (C=O) groups is 1. The monoisotopic (exact) mass is 638 g/mol. The van der Waals surface area contributed by atoms with Gasteiger partial charge in [-0.2, -0.15) is 4.98 Å². The summed E-state index contributed by atoms with van der Waals surface area (Å²) >= 11 is 0. The van der Waals surface area contributed by atoms with Gasteiger partial charge in [-0.1, -0.05) is 65.9 Å². The molecule has 238 valence electrons. The van der Waals surface area contributed by atoms with Crippen LogP contribution >= 0.6 is 7.60 Å². The van der Waals surface area contributed by atoms with Crippen molar-refractivity contribution in [2.45, 2.75) is 70.9 Å². The molecule has 0 unspecified atom stereocenters. The van der Waals surface area contributed by atoms with Crippen LogP contribution in [-0.4, -0.2) is 59.4 Å². The van der Waals surface area contributed by atoms with Crippen LogP contribution in [0.15, 0.2) is 83.9 Å². The fourth-order valence-electron chi connectivity index (χ4n) is 4.76. The molecule has 1 fully saturated rings. The van der Waals surface area contributed by atoms with E-state index in [9.17, 15) is 19.3 Å². The maximum atomic E-state index is 14.3. The predicted octanol–water partition coefficient (Wildman–Crippen LogP) is 3.31. The molecule has 1 saturated heterocycles. The molecule has 1 aliphatic rings. The summed E-state index contributed by atoms with van der Waals surface area (Å²) in [7, 11) is -4.21. The van der Waals surface area contributed by atoms with E-state index in [0.717, 1.165) is 11.1 Å². The second kappa shape index (κ2) is 13.9. The molecule has 0 saturated carbocycles. The largest absolute Gasteiger partial charge is 0.378 e. The first-order chi connectivity index (χ1) is 21.5. The number of ether oxygens (including phenoxy) is 2. The maximum Gasteiger partial charge on any atom is 0.362 e. The van der Waals surface area contributed by atoms with E-state index in [1.54, 1.807) is 20.0 Å². The average molecular weight is 639 g/mol. The van der Waals surface area contributed by atoms with Gasteiger partial charge in [0.25, 0.3) is 0 Å². The van der Waals surface area contributed by atoms with Gasteiger partial charge in [0.05, 0.1) is 32.5 Å². The normalized spacial score (nSPS) is 18.5. The second-order valence-corrected chi connectivity index (χ2v) is 13.1. The van der Waals surface area contributed by atoms with Crippen LogP contribution in [-0.2, 0) is 54.2 Å². The van der Waals surface area contributed by atoms with Gasteiger partial charge >= 0.3 is 13.3 Å². The Morgan fingerprint density at radius 2 is 1.67 bits per heavy atom. The molecule has 4 aromatic rings. The molecule has 1 aliphatic heterocycles. The molecule has 2 N–H and O–H groups in total. The number of anilines is 1. The number of aliphatic hydroxyl groups is 1. The molecule has 0 aliphatic carbocycles. The van der Waals surface area contributed by atoms with Crippen molar-refractivity contribution in [2.24, 2.45) is 0 Å². The molecule has 5 rings (SSSR count). The highest BCUT2D eigenvalue weighted by molar-refractivity contribution is 7.54. The summed E-state index contributed by atoms with van der Waals surface area (Å²) in [6.45, 7) is 4.72. The highest BCUT2D eigenvalue weighted by atomic mass is 31.2. The third-order valence-corrected chi connectivity index (χ3v) is 8.73. The number of hydrogen-bond acceptors (Lipinski definition) is 11. The standard InChI is InChI=1S/C30H35N6O8P/c1-21(37)31-26-14-15-35(29(39)32-26)16-24-17-36(34-33-24)18-25-27(44-30(2,3)43-25)28(38)45(40,41-19-22-10-6-4-7-11-22)42-20-23-12-8-5-9-13-23/h4-15,17,25,27-28,38H,16,18-20H2,1-3H3,(H,31,32,37,39)/t25-,27-,28+/m1/s1. The maximum absolute atomic E-state index is 14.3. The number of aromatic nitrogens is 5. The van der Waals surface area contributed by atoms with E-state index in [2.05, 4.69) is 20.6 Å². The number of benzene rings is 2. The van der Waals surface area contributed by atoms with Crippen molar-refractivity contribution in [3.8, 4) is 0 Å². The van der Waals surface area contributed by atoms with Gasteiger partial charge < -0.3 is 28.9 Å². The van der Waals surface area contributed by atoms with Crippen molar-refractivity contribution in [1.29, 1.82) is 0 Å². The lowest BCUT2D eigenvalue weighted by atomic mass is 10.2. The van der Waals surface area contributed by atoms with Crippen LogP contribution in [0.3, 0.4) is 0 Å². The van der Waals surface area contributed by atoms with Crippen molar-refractivity contribution in [1.82, 2.24) is 24.5 Å². The Balaban J connectivity index is 1.32. The smallest absolute Gasteiger partial charge is 0.362 e. The third kappa shape index (κ3) is 8.57. The summed E-state index contributed by atoms with van der Waals surface area (Å²) in [5.74, 6) is -3.02. The predicted molar refractivity (Wildman–Crippen MR) is 162 cm³/mol. The van der Waals surface area contributed by atoms with Gasteiger partial charge in [0.1, 0.15) is 23.7 Å². The Labute approximate surface area is 259 Å². The lowest BCUT2D eigenvalue weighted by Crippen LogP contribution is -2.38. The summed E-state index contributed by atoms with van der Waals surface area (Å²) in [5.41, 5.74) is 1.38. The van der Waals surface area contributed by atoms with Crippen LogP contribution in [0.5, 0.6) is 0 Å². The number of hydrogen-bond donors (Lipinski definition) is 2. The van der Waals surface area contributed by atoms with Gasteiger partial charge in [-0.25, -0.2) is 9.48 Å². The van der Waals surface area contributed by atoms with E-state index in [1.165, 1.54) is 28.4 Å². The third-order valence-electron chi connectivity index (χ3n) is 6.81. The Morgan fingerprint density at radius 3 is 2.24 bits per heavy atom. The van der Waals surface area contributed by atoms with Crippen molar-refractivity contribution in [3.63, 3.8) is 0 Å². The first-order valence-corrected chi connectivity index (χ1v) is 15.9. The molecule has 45 heavy (non-hydrogen) atoms. The molecular weight excluding hydrogens is 603 g/mol. The van der Waals surface area contributed by atoms with Gasteiger partial charge in [0.2, 0.25) is 5.91 Å². The zero-order chi connectivity index (χ0) is 32.0. The number of carbonyl (C=O) groups excluding carboxylic acids is 1. The molecular formula is C30H35N6O8P. The van der Waals surface area contributed by atoms with E-state index in [-0.39, 0.29) is 38.0 Å². The molecule has 2 aromatic carbocycles. The topological polar surface area (TPSA) is 169 Å². The van der Waals surface area contributed by atoms with E-state index in [1.807, 2.05) is 60.7 Å². The van der Waals surface area contributed by atoms with Crippen molar-refractivity contribution in [2.75, 3.05) is 5.32 Å². The van der Waals surface area contributed by atoms with Gasteiger partial charge in [-0.15, -0.1) is 5.10 Å². The molecule has 15 heteroatoms. The first-order valence-electron chi connectivity index (χ1n) is 14.2. The number of nitrogens with zero attached hydrogens (tertiary/aromatic N) is 5. The Bertz CT molecular complexity index is 1650. The van der Waals surface area contributed by atoms with Crippen LogP contribution < -0.4 is 11.0 Å². The van der Waals surface area contributed by atoms with E-state index in [4.69, 9.17) is 18.5 Å². The average Bonchev–Trinajstić information content (AvgIpc) is 3.58. The fourth-order valence-corrected chi connectivity index (χ4v) is 6.41. The molecule has 3 heterocycles. The van der Waals surface area contributed by atoms with Gasteiger partial charge in [-0.3, -0.25) is 13.9 Å². The lowest BCUT2D eigenvalue weighted by Gasteiger charge is -2.29. The van der Waals surface area contributed by atoms with Crippen LogP contribution in [0.2, 0.25) is 0 Å². The highest BCUT2D eigenvalue weighted by Crippen LogP contribution is 2.56. The van der Waals surface area contributed by atoms with Crippen molar-refractivity contribution >= 4 is 19.3 Å². The minimum absolute atomic E-state index is 0.0575. The highest BCUT2D eigenvalue weighted by Gasteiger charge is 2.52. The van der Waals surface area contributed by atoms with E-state index < -0.39 is 37.1 Å². The SMILES string of the molecule is CC(=O)Nc1ccn(Cc2cn(C[C@H]3OC(C)(C)O[C@H]3[C@@H](O)P(=O)(OCc3ccccc3)OCc3ccccc3)nn2)c(=O)n1. The van der Waals surface area contributed by atoms with E-state index >= 15 is 0 Å². The zero-order valence-electron chi connectivity index (χ0n) is 25.1. The first kappa shape index (κ1) is 32.4. The number of nitrogens with one attached hydrogen (secondary N) is 1. The van der Waals surface area contributed by atoms with Gasteiger partial charge in [0.15, 0.2) is 11.6 Å². The molecule has 2 aromatic heterocycles. The van der Waals surface area contributed by atoms with Gasteiger partial charge in [0, 0.05) is 13.1 Å². The second-order valence-electron chi connectivity index (χ2n) is 10.9. The van der Waals surface area contributed by atoms with Crippen LogP contribution in [0.4, 0.5) is 5.82 Å². The summed E-state index contributed by atoms with van der Waals surface area (Å²) in [6.07, 6.45) is 1.17. The summed E-state index contributed by atoms with van der Waals surface area (Å²) in [5, 5.41) is 22.3. The summed E-state index contributed by atoms with van der Waals surface area (Å²) in [6, 6.07) is 19.8. The molecule has 0 spiro atoms. The number of rotatable bonds is 13. The minimum Gasteiger partial charge on any atom is -0.378 e. The molecule has 0 radical (unpaired) electrons. The van der Waals surface area contributed by atoms with Gasteiger partial charge in [-0.05, 0) is 31.0 Å². The Hall–Kier alpha value is -4.04. The Morgan fingerprint density at radius 1 is 1.04 bits per heavy atom. The van der Waals surface area contributed by atoms with Crippen molar-refractivity contribution < 1.29 is 33.0 Å².